The molecule has 4 aromatic rings. The summed E-state index contributed by atoms with van der Waals surface area (Å²) in [5.74, 6) is 1.17. The largest absolute Gasteiger partial charge is 0.493 e. The van der Waals surface area contributed by atoms with E-state index in [1.54, 1.807) is 23.8 Å². The third-order valence-electron chi connectivity index (χ3n) is 4.37. The molecule has 7 nitrogen and oxygen atoms in total. The van der Waals surface area contributed by atoms with Crippen molar-refractivity contribution in [2.45, 2.75) is 6.92 Å². The molecule has 0 aliphatic rings. The number of ether oxygens (including phenoxy) is 2. The van der Waals surface area contributed by atoms with Crippen LogP contribution < -0.4 is 14.8 Å². The Bertz CT molecular complexity index is 1250. The maximum Gasteiger partial charge on any atom is 0.250 e. The van der Waals surface area contributed by atoms with Crippen LogP contribution in [-0.2, 0) is 4.79 Å². The van der Waals surface area contributed by atoms with Crippen molar-refractivity contribution in [1.82, 2.24) is 14.6 Å². The smallest absolute Gasteiger partial charge is 0.250 e. The number of thiazole rings is 1. The number of fused-ring (bicyclic) bond motifs is 1. The number of aromatic nitrogens is 3. The fraction of sp³-hybridized carbons (Fsp3) is 0.136. The summed E-state index contributed by atoms with van der Waals surface area (Å²) in [5.41, 5.74) is 2.64. The number of anilines is 1. The number of hydrogen-bond donors (Lipinski definition) is 1. The molecule has 2 aromatic heterocycles. The van der Waals surface area contributed by atoms with Gasteiger partial charge in [-0.3, -0.25) is 10.1 Å². The zero-order chi connectivity index (χ0) is 21.8. The molecule has 0 aliphatic heterocycles. The van der Waals surface area contributed by atoms with Crippen molar-refractivity contribution in [3.05, 3.63) is 64.5 Å². The first-order valence-electron chi connectivity index (χ1n) is 9.47. The van der Waals surface area contributed by atoms with Crippen molar-refractivity contribution in [2.24, 2.45) is 0 Å². The molecule has 2 aromatic carbocycles. The highest BCUT2D eigenvalue weighted by atomic mass is 35.5. The maximum absolute atomic E-state index is 12.3. The van der Waals surface area contributed by atoms with Gasteiger partial charge in [0.2, 0.25) is 4.96 Å². The predicted octanol–water partition coefficient (Wildman–Crippen LogP) is 5.17. The van der Waals surface area contributed by atoms with Gasteiger partial charge in [0.25, 0.3) is 11.9 Å². The highest BCUT2D eigenvalue weighted by molar-refractivity contribution is 7.15. The lowest BCUT2D eigenvalue weighted by Gasteiger charge is -2.09. The molecule has 2 heterocycles. The molecule has 31 heavy (non-hydrogen) atoms. The van der Waals surface area contributed by atoms with Crippen LogP contribution in [0.1, 0.15) is 12.5 Å². The second-order valence-corrected chi connectivity index (χ2v) is 7.70. The first kappa shape index (κ1) is 20.9. The zero-order valence-corrected chi connectivity index (χ0v) is 18.4. The Balaban J connectivity index is 1.48. The van der Waals surface area contributed by atoms with Gasteiger partial charge in [-0.2, -0.15) is 4.98 Å². The number of carbonyl (C=O) groups excluding carboxylic acids is 1. The SMILES string of the molecule is CCOc1ccc(/C=C/C(=O)Nc2nc3scc(-c4ccc(Cl)cc4)n3n2)cc1OC. The summed E-state index contributed by atoms with van der Waals surface area (Å²) >= 11 is 7.41. The van der Waals surface area contributed by atoms with Crippen LogP contribution >= 0.6 is 22.9 Å². The molecule has 0 radical (unpaired) electrons. The van der Waals surface area contributed by atoms with Crippen LogP contribution in [0.15, 0.2) is 53.9 Å². The van der Waals surface area contributed by atoms with E-state index in [9.17, 15) is 4.79 Å². The van der Waals surface area contributed by atoms with E-state index in [0.717, 1.165) is 16.8 Å². The Morgan fingerprint density at radius 1 is 1.23 bits per heavy atom. The first-order chi connectivity index (χ1) is 15.1. The van der Waals surface area contributed by atoms with E-state index < -0.39 is 0 Å². The van der Waals surface area contributed by atoms with E-state index in [1.807, 2.05) is 48.7 Å². The summed E-state index contributed by atoms with van der Waals surface area (Å²) in [7, 11) is 1.58. The molecule has 0 fully saturated rings. The molecule has 0 spiro atoms. The molecular formula is C22H19ClN4O3S. The Labute approximate surface area is 187 Å². The van der Waals surface area contributed by atoms with Crippen molar-refractivity contribution >= 4 is 45.8 Å². The fourth-order valence-corrected chi connectivity index (χ4v) is 3.90. The Morgan fingerprint density at radius 3 is 2.77 bits per heavy atom. The van der Waals surface area contributed by atoms with E-state index in [1.165, 1.54) is 17.4 Å². The van der Waals surface area contributed by atoms with Gasteiger partial charge in [-0.15, -0.1) is 16.4 Å². The summed E-state index contributed by atoms with van der Waals surface area (Å²) < 4.78 is 12.5. The second-order valence-electron chi connectivity index (χ2n) is 6.42. The van der Waals surface area contributed by atoms with E-state index in [-0.39, 0.29) is 11.9 Å². The van der Waals surface area contributed by atoms with Gasteiger partial charge >= 0.3 is 0 Å². The lowest BCUT2D eigenvalue weighted by Crippen LogP contribution is -2.09. The molecule has 1 amide bonds. The van der Waals surface area contributed by atoms with Crippen LogP contribution in [-0.4, -0.2) is 34.2 Å². The summed E-state index contributed by atoms with van der Waals surface area (Å²) in [4.78, 5) is 17.4. The van der Waals surface area contributed by atoms with Gasteiger partial charge in [0.15, 0.2) is 11.5 Å². The van der Waals surface area contributed by atoms with Gasteiger partial charge in [-0.05, 0) is 42.8 Å². The monoisotopic (exact) mass is 454 g/mol. The number of halogens is 1. The summed E-state index contributed by atoms with van der Waals surface area (Å²) in [5, 5.41) is 9.73. The van der Waals surface area contributed by atoms with Crippen LogP contribution in [0.25, 0.3) is 22.3 Å². The second kappa shape index (κ2) is 9.20. The quantitative estimate of drug-likeness (QED) is 0.390. The molecule has 0 aliphatic carbocycles. The lowest BCUT2D eigenvalue weighted by molar-refractivity contribution is -0.111. The minimum atomic E-state index is -0.334. The van der Waals surface area contributed by atoms with Gasteiger partial charge < -0.3 is 9.47 Å². The summed E-state index contributed by atoms with van der Waals surface area (Å²) in [6.45, 7) is 2.45. The van der Waals surface area contributed by atoms with E-state index in [2.05, 4.69) is 15.4 Å². The predicted molar refractivity (Wildman–Crippen MR) is 123 cm³/mol. The van der Waals surface area contributed by atoms with Crippen LogP contribution in [0.5, 0.6) is 11.5 Å². The Hall–Kier alpha value is -3.36. The molecular weight excluding hydrogens is 436 g/mol. The van der Waals surface area contributed by atoms with E-state index in [0.29, 0.717) is 28.1 Å². The van der Waals surface area contributed by atoms with Crippen LogP contribution in [0.3, 0.4) is 0 Å². The van der Waals surface area contributed by atoms with Crippen LogP contribution in [0.2, 0.25) is 5.02 Å². The molecule has 0 atom stereocenters. The third kappa shape index (κ3) is 4.70. The standard InChI is InChI=1S/C22H19ClN4O3S/c1-3-30-18-10-4-14(12-19(18)29-2)5-11-20(28)24-21-25-22-27(26-21)17(13-31-22)15-6-8-16(23)9-7-15/h4-13H,3H2,1-2H3,(H,24,26,28)/b11-5+. The van der Waals surface area contributed by atoms with E-state index in [4.69, 9.17) is 21.1 Å². The lowest BCUT2D eigenvalue weighted by atomic mass is 10.2. The van der Waals surface area contributed by atoms with Gasteiger partial charge in [-0.25, -0.2) is 4.52 Å². The van der Waals surface area contributed by atoms with Gasteiger partial charge in [-0.1, -0.05) is 29.8 Å². The number of nitrogens with one attached hydrogen (secondary N) is 1. The highest BCUT2D eigenvalue weighted by Gasteiger charge is 2.12. The van der Waals surface area contributed by atoms with Crippen molar-refractivity contribution in [1.29, 1.82) is 0 Å². The van der Waals surface area contributed by atoms with Crippen LogP contribution in [0.4, 0.5) is 5.95 Å². The molecule has 0 unspecified atom stereocenters. The Morgan fingerprint density at radius 2 is 2.03 bits per heavy atom. The van der Waals surface area contributed by atoms with Crippen molar-refractivity contribution < 1.29 is 14.3 Å². The number of hydrogen-bond acceptors (Lipinski definition) is 6. The molecule has 9 heteroatoms. The number of methoxy groups -OCH3 is 1. The average Bonchev–Trinajstić information content (AvgIpc) is 3.34. The van der Waals surface area contributed by atoms with Gasteiger partial charge in [0.1, 0.15) is 0 Å². The number of amides is 1. The summed E-state index contributed by atoms with van der Waals surface area (Å²) in [6.07, 6.45) is 3.11. The number of rotatable bonds is 7. The number of nitrogens with zero attached hydrogens (tertiary/aromatic N) is 3. The molecule has 1 N–H and O–H groups in total. The maximum atomic E-state index is 12.3. The third-order valence-corrected chi connectivity index (χ3v) is 5.44. The van der Waals surface area contributed by atoms with E-state index >= 15 is 0 Å². The minimum absolute atomic E-state index is 0.237. The van der Waals surface area contributed by atoms with Crippen LogP contribution in [0, 0.1) is 0 Å². The first-order valence-corrected chi connectivity index (χ1v) is 10.7. The average molecular weight is 455 g/mol. The zero-order valence-electron chi connectivity index (χ0n) is 16.8. The number of carbonyl (C=O) groups is 1. The minimum Gasteiger partial charge on any atom is -0.493 e. The fourth-order valence-electron chi connectivity index (χ4n) is 2.94. The van der Waals surface area contributed by atoms with Crippen molar-refractivity contribution in [3.63, 3.8) is 0 Å². The molecule has 0 saturated heterocycles. The molecule has 0 saturated carbocycles. The highest BCUT2D eigenvalue weighted by Crippen LogP contribution is 2.29. The van der Waals surface area contributed by atoms with Crippen molar-refractivity contribution in [3.8, 4) is 22.8 Å². The molecule has 0 bridgehead atoms. The molecule has 4 rings (SSSR count). The normalized spacial score (nSPS) is 11.2. The summed E-state index contributed by atoms with van der Waals surface area (Å²) in [6, 6.07) is 12.9. The van der Waals surface area contributed by atoms with Gasteiger partial charge in [0.05, 0.1) is 19.4 Å². The Kier molecular flexibility index (Phi) is 6.20. The number of benzene rings is 2. The molecule has 158 valence electrons. The van der Waals surface area contributed by atoms with Gasteiger partial charge in [0, 0.05) is 22.0 Å². The van der Waals surface area contributed by atoms with Crippen molar-refractivity contribution in [2.75, 3.05) is 19.0 Å². The topological polar surface area (TPSA) is 77.8 Å².